The van der Waals surface area contributed by atoms with Gasteiger partial charge in [-0.1, -0.05) is 12.1 Å². The van der Waals surface area contributed by atoms with Gasteiger partial charge in [-0.2, -0.15) is 0 Å². The number of rotatable bonds is 5. The molecule has 1 amide bonds. The topological polar surface area (TPSA) is 72.5 Å². The van der Waals surface area contributed by atoms with Crippen LogP contribution in [-0.4, -0.2) is 16.9 Å². The highest BCUT2D eigenvalue weighted by molar-refractivity contribution is 7.10. The van der Waals surface area contributed by atoms with Crippen LogP contribution in [0.2, 0.25) is 0 Å². The fourth-order valence-corrected chi connectivity index (χ4v) is 5.18. The van der Waals surface area contributed by atoms with E-state index in [-0.39, 0.29) is 24.8 Å². The quantitative estimate of drug-likeness (QED) is 0.838. The minimum atomic E-state index is -1.20. The Morgan fingerprint density at radius 1 is 1.19 bits per heavy atom. The van der Waals surface area contributed by atoms with Crippen LogP contribution in [0.5, 0.6) is 0 Å². The first-order chi connectivity index (χ1) is 13.1. The maximum atomic E-state index is 12.8. The van der Waals surface area contributed by atoms with Gasteiger partial charge in [-0.15, -0.1) is 22.7 Å². The van der Waals surface area contributed by atoms with Crippen LogP contribution in [0.15, 0.2) is 51.9 Å². The van der Waals surface area contributed by atoms with E-state index < -0.39 is 5.97 Å². The zero-order valence-electron chi connectivity index (χ0n) is 14.6. The monoisotopic (exact) mass is 399 g/mol. The number of carbonyl (C=O) groups is 2. The lowest BCUT2D eigenvalue weighted by Gasteiger charge is -2.26. The summed E-state index contributed by atoms with van der Waals surface area (Å²) in [4.78, 5) is 25.8. The van der Waals surface area contributed by atoms with Crippen LogP contribution in [0.25, 0.3) is 6.08 Å². The number of carbonyl (C=O) groups excluding carboxylic acids is 2. The Labute approximate surface area is 165 Å². The highest BCUT2D eigenvalue weighted by Crippen LogP contribution is 2.45. The SMILES string of the molecule is O=C([O-])CCC(=O)N1NC2=C(CCC/C2=C\c2cccs2)[C@@H]1c1cccs1. The first-order valence-corrected chi connectivity index (χ1v) is 10.7. The third-order valence-electron chi connectivity index (χ3n) is 4.84. The molecule has 5 nitrogen and oxygen atoms in total. The molecule has 1 atom stereocenters. The molecule has 2 aromatic heterocycles. The van der Waals surface area contributed by atoms with Crippen LogP contribution in [0, 0.1) is 0 Å². The van der Waals surface area contributed by atoms with E-state index in [2.05, 4.69) is 22.9 Å². The molecule has 1 aliphatic heterocycles. The van der Waals surface area contributed by atoms with E-state index in [9.17, 15) is 14.7 Å². The maximum Gasteiger partial charge on any atom is 0.242 e. The number of nitrogens with zero attached hydrogens (tertiary/aromatic N) is 1. The van der Waals surface area contributed by atoms with Gasteiger partial charge in [0.15, 0.2) is 0 Å². The number of nitrogens with one attached hydrogen (secondary N) is 1. The van der Waals surface area contributed by atoms with E-state index >= 15 is 0 Å². The molecule has 1 N–H and O–H groups in total. The molecule has 0 fully saturated rings. The highest BCUT2D eigenvalue weighted by atomic mass is 32.1. The van der Waals surface area contributed by atoms with Crippen LogP contribution >= 0.6 is 22.7 Å². The van der Waals surface area contributed by atoms with E-state index in [1.165, 1.54) is 16.0 Å². The van der Waals surface area contributed by atoms with Crippen LogP contribution < -0.4 is 10.5 Å². The first kappa shape index (κ1) is 18.0. The van der Waals surface area contributed by atoms with Crippen LogP contribution in [0.3, 0.4) is 0 Å². The second kappa shape index (κ2) is 7.70. The van der Waals surface area contributed by atoms with Crippen molar-refractivity contribution in [3.8, 4) is 0 Å². The molecule has 0 bridgehead atoms. The Balaban J connectivity index is 1.68. The number of hydrogen-bond acceptors (Lipinski definition) is 6. The summed E-state index contributed by atoms with van der Waals surface area (Å²) >= 11 is 3.30. The summed E-state index contributed by atoms with van der Waals surface area (Å²) in [6, 6.07) is 7.96. The van der Waals surface area contributed by atoms with Crippen molar-refractivity contribution in [3.05, 3.63) is 61.6 Å². The average Bonchev–Trinajstić information content (AvgIpc) is 3.39. The van der Waals surface area contributed by atoms with Gasteiger partial charge in [-0.3, -0.25) is 10.2 Å². The van der Waals surface area contributed by atoms with E-state index in [4.69, 9.17) is 0 Å². The number of carboxylic acid groups (broad SMARTS) is 1. The van der Waals surface area contributed by atoms with Crippen molar-refractivity contribution in [2.75, 3.05) is 0 Å². The lowest BCUT2D eigenvalue weighted by atomic mass is 9.88. The van der Waals surface area contributed by atoms with Crippen molar-refractivity contribution in [2.24, 2.45) is 0 Å². The van der Waals surface area contributed by atoms with Gasteiger partial charge < -0.3 is 9.90 Å². The third-order valence-corrected chi connectivity index (χ3v) is 6.58. The van der Waals surface area contributed by atoms with Crippen molar-refractivity contribution in [1.82, 2.24) is 10.4 Å². The lowest BCUT2D eigenvalue weighted by molar-refractivity contribution is -0.305. The van der Waals surface area contributed by atoms with Crippen molar-refractivity contribution in [2.45, 2.75) is 38.1 Å². The van der Waals surface area contributed by atoms with Gasteiger partial charge in [0.25, 0.3) is 0 Å². The Morgan fingerprint density at radius 2 is 2.00 bits per heavy atom. The molecule has 2 aliphatic rings. The molecule has 27 heavy (non-hydrogen) atoms. The summed E-state index contributed by atoms with van der Waals surface area (Å²) in [6.45, 7) is 0. The van der Waals surface area contributed by atoms with Crippen LogP contribution in [0.1, 0.15) is 47.9 Å². The molecule has 140 valence electrons. The van der Waals surface area contributed by atoms with E-state index in [1.807, 2.05) is 23.6 Å². The van der Waals surface area contributed by atoms with Gasteiger partial charge in [0.05, 0.1) is 5.70 Å². The smallest absolute Gasteiger partial charge is 0.242 e. The largest absolute Gasteiger partial charge is 0.550 e. The Kier molecular flexibility index (Phi) is 5.13. The summed E-state index contributed by atoms with van der Waals surface area (Å²) in [7, 11) is 0. The minimum Gasteiger partial charge on any atom is -0.550 e. The summed E-state index contributed by atoms with van der Waals surface area (Å²) < 4.78 is 0. The molecule has 0 aromatic carbocycles. The van der Waals surface area contributed by atoms with Crippen LogP contribution in [-0.2, 0) is 9.59 Å². The number of allylic oxidation sites excluding steroid dienone is 1. The van der Waals surface area contributed by atoms with E-state index in [0.29, 0.717) is 0 Å². The molecule has 1 aliphatic carbocycles. The molecule has 0 saturated carbocycles. The fourth-order valence-electron chi connectivity index (χ4n) is 3.65. The predicted octanol–water partition coefficient (Wildman–Crippen LogP) is 3.25. The number of carboxylic acids is 1. The number of thiophene rings is 2. The van der Waals surface area contributed by atoms with E-state index in [1.54, 1.807) is 27.7 Å². The summed E-state index contributed by atoms with van der Waals surface area (Å²) in [6.07, 6.45) is 4.78. The molecule has 0 spiro atoms. The van der Waals surface area contributed by atoms with Crippen molar-refractivity contribution < 1.29 is 14.7 Å². The molecule has 7 heteroatoms. The zero-order valence-corrected chi connectivity index (χ0v) is 16.3. The predicted molar refractivity (Wildman–Crippen MR) is 104 cm³/mol. The maximum absolute atomic E-state index is 12.8. The van der Waals surface area contributed by atoms with Gasteiger partial charge in [-0.05, 0) is 65.8 Å². The Bertz CT molecular complexity index is 898. The summed E-state index contributed by atoms with van der Waals surface area (Å²) in [5, 5.41) is 16.5. The molecule has 0 radical (unpaired) electrons. The standard InChI is InChI=1S/C20H20N2O3S2/c23-17(8-9-18(24)25)22-20(16-7-3-11-27-16)15-6-1-4-13(19(15)21-22)12-14-5-2-10-26-14/h2-3,5,7,10-12,20-21H,1,4,6,8-9H2,(H,24,25)/p-1/b13-12+/t20-/m1/s1. The van der Waals surface area contributed by atoms with Crippen molar-refractivity contribution in [3.63, 3.8) is 0 Å². The molecule has 0 saturated heterocycles. The van der Waals surface area contributed by atoms with Crippen molar-refractivity contribution in [1.29, 1.82) is 0 Å². The zero-order chi connectivity index (χ0) is 18.8. The van der Waals surface area contributed by atoms with Gasteiger partial charge in [0.2, 0.25) is 5.91 Å². The lowest BCUT2D eigenvalue weighted by Crippen LogP contribution is -2.40. The summed E-state index contributed by atoms with van der Waals surface area (Å²) in [5.74, 6) is -1.42. The Hall–Kier alpha value is -2.38. The average molecular weight is 400 g/mol. The van der Waals surface area contributed by atoms with Gasteiger partial charge >= 0.3 is 0 Å². The normalized spacial score (nSPS) is 20.7. The Morgan fingerprint density at radius 3 is 2.70 bits per heavy atom. The second-order valence-corrected chi connectivity index (χ2v) is 8.56. The molecule has 0 unspecified atom stereocenters. The number of hydrazine groups is 1. The number of amides is 1. The molecule has 4 rings (SSSR count). The van der Waals surface area contributed by atoms with Crippen LogP contribution in [0.4, 0.5) is 0 Å². The molecule has 3 heterocycles. The minimum absolute atomic E-state index is 0.0677. The van der Waals surface area contributed by atoms with Gasteiger partial charge in [-0.25, -0.2) is 5.01 Å². The molecular formula is C20H19N2O3S2-. The van der Waals surface area contributed by atoms with Gasteiger partial charge in [0.1, 0.15) is 6.04 Å². The first-order valence-electron chi connectivity index (χ1n) is 8.93. The number of aliphatic carboxylic acids is 1. The van der Waals surface area contributed by atoms with Gasteiger partial charge in [0, 0.05) is 22.1 Å². The molecular weight excluding hydrogens is 380 g/mol. The number of hydrogen-bond donors (Lipinski definition) is 1. The fraction of sp³-hybridized carbons (Fsp3) is 0.300. The third kappa shape index (κ3) is 3.70. The highest BCUT2D eigenvalue weighted by Gasteiger charge is 2.39. The second-order valence-electron chi connectivity index (χ2n) is 6.60. The summed E-state index contributed by atoms with van der Waals surface area (Å²) in [5.41, 5.74) is 6.75. The molecule has 2 aromatic rings. The van der Waals surface area contributed by atoms with E-state index in [0.717, 1.165) is 29.8 Å². The van der Waals surface area contributed by atoms with Crippen molar-refractivity contribution >= 4 is 40.6 Å².